The molecule has 170 valence electrons. The fourth-order valence-corrected chi connectivity index (χ4v) is 4.05. The maximum atomic E-state index is 13.3. The van der Waals surface area contributed by atoms with Gasteiger partial charge in [0.15, 0.2) is 0 Å². The van der Waals surface area contributed by atoms with Crippen molar-refractivity contribution in [1.29, 1.82) is 0 Å². The van der Waals surface area contributed by atoms with Crippen molar-refractivity contribution in [3.63, 3.8) is 0 Å². The van der Waals surface area contributed by atoms with Crippen LogP contribution in [-0.2, 0) is 11.3 Å². The van der Waals surface area contributed by atoms with Gasteiger partial charge in [-0.3, -0.25) is 0 Å². The van der Waals surface area contributed by atoms with Gasteiger partial charge < -0.3 is 13.9 Å². The SMILES string of the molecule is CC(C)(C)OC(=O)c1cc(OCc2ccccc2)ccc1-c1cccc2c1oc1ccccc12. The third kappa shape index (κ3) is 4.40. The van der Waals surface area contributed by atoms with E-state index >= 15 is 0 Å². The molecule has 0 atom stereocenters. The van der Waals surface area contributed by atoms with Crippen LogP contribution in [0.4, 0.5) is 0 Å². The Morgan fingerprint density at radius 2 is 1.53 bits per heavy atom. The molecule has 1 heterocycles. The molecule has 1 aromatic heterocycles. The van der Waals surface area contributed by atoms with E-state index in [1.165, 1.54) is 0 Å². The molecule has 0 spiro atoms. The van der Waals surface area contributed by atoms with Gasteiger partial charge in [-0.05, 0) is 50.6 Å². The smallest absolute Gasteiger partial charge is 0.339 e. The minimum Gasteiger partial charge on any atom is -0.489 e. The Labute approximate surface area is 198 Å². The van der Waals surface area contributed by atoms with Crippen LogP contribution in [0.25, 0.3) is 33.1 Å². The Morgan fingerprint density at radius 3 is 2.32 bits per heavy atom. The maximum absolute atomic E-state index is 13.3. The van der Waals surface area contributed by atoms with Crippen LogP contribution in [0.3, 0.4) is 0 Å². The number of hydrogen-bond donors (Lipinski definition) is 0. The van der Waals surface area contributed by atoms with Crippen LogP contribution >= 0.6 is 0 Å². The zero-order valence-electron chi connectivity index (χ0n) is 19.5. The van der Waals surface area contributed by atoms with Gasteiger partial charge >= 0.3 is 5.97 Å². The van der Waals surface area contributed by atoms with E-state index < -0.39 is 11.6 Å². The Bertz CT molecular complexity index is 1470. The number of carbonyl (C=O) groups is 1. The average molecular weight is 451 g/mol. The Balaban J connectivity index is 1.60. The zero-order valence-corrected chi connectivity index (χ0v) is 19.5. The normalized spacial score (nSPS) is 11.6. The first-order valence-electron chi connectivity index (χ1n) is 11.3. The van der Waals surface area contributed by atoms with Gasteiger partial charge in [-0.25, -0.2) is 4.79 Å². The Kier molecular flexibility index (Phi) is 5.58. The summed E-state index contributed by atoms with van der Waals surface area (Å²) in [6, 6.07) is 29.4. The van der Waals surface area contributed by atoms with Crippen LogP contribution in [0.2, 0.25) is 0 Å². The van der Waals surface area contributed by atoms with Crippen LogP contribution in [0, 0.1) is 0 Å². The van der Waals surface area contributed by atoms with Gasteiger partial charge in [0.05, 0.1) is 5.56 Å². The number of para-hydroxylation sites is 2. The molecule has 34 heavy (non-hydrogen) atoms. The highest BCUT2D eigenvalue weighted by Gasteiger charge is 2.23. The van der Waals surface area contributed by atoms with Crippen molar-refractivity contribution in [3.8, 4) is 16.9 Å². The van der Waals surface area contributed by atoms with Crippen LogP contribution < -0.4 is 4.74 Å². The van der Waals surface area contributed by atoms with Crippen molar-refractivity contribution in [2.24, 2.45) is 0 Å². The number of furan rings is 1. The molecule has 0 saturated heterocycles. The van der Waals surface area contributed by atoms with Crippen molar-refractivity contribution < 1.29 is 18.7 Å². The largest absolute Gasteiger partial charge is 0.489 e. The lowest BCUT2D eigenvalue weighted by atomic mass is 9.97. The third-order valence-electron chi connectivity index (χ3n) is 5.55. The molecule has 5 aromatic rings. The van der Waals surface area contributed by atoms with Crippen LogP contribution in [-0.4, -0.2) is 11.6 Å². The van der Waals surface area contributed by atoms with E-state index in [1.807, 2.05) is 106 Å². The summed E-state index contributed by atoms with van der Waals surface area (Å²) < 4.78 is 18.0. The monoisotopic (exact) mass is 450 g/mol. The quantitative estimate of drug-likeness (QED) is 0.256. The Hall–Kier alpha value is -4.05. The molecule has 0 unspecified atom stereocenters. The molecular formula is C30H26O4. The van der Waals surface area contributed by atoms with Gasteiger partial charge in [-0.1, -0.05) is 66.7 Å². The van der Waals surface area contributed by atoms with Crippen molar-refractivity contribution in [2.75, 3.05) is 0 Å². The zero-order chi connectivity index (χ0) is 23.7. The summed E-state index contributed by atoms with van der Waals surface area (Å²) in [5.74, 6) is 0.200. The van der Waals surface area contributed by atoms with Gasteiger partial charge in [0, 0.05) is 21.9 Å². The fourth-order valence-electron chi connectivity index (χ4n) is 4.05. The molecule has 4 aromatic carbocycles. The molecule has 0 N–H and O–H groups in total. The van der Waals surface area contributed by atoms with Crippen LogP contribution in [0.5, 0.6) is 5.75 Å². The number of ether oxygens (including phenoxy) is 2. The standard InChI is InChI=1S/C30H26O4/c1-30(2,3)34-29(31)26-18-21(32-19-20-10-5-4-6-11-20)16-17-22(26)24-13-9-14-25-23-12-7-8-15-27(23)33-28(24)25/h4-18H,19H2,1-3H3. The van der Waals surface area contributed by atoms with Crippen molar-refractivity contribution in [2.45, 2.75) is 33.0 Å². The minimum atomic E-state index is -0.624. The molecule has 0 saturated carbocycles. The summed E-state index contributed by atoms with van der Waals surface area (Å²) in [6.45, 7) is 5.99. The first-order chi connectivity index (χ1) is 16.4. The summed E-state index contributed by atoms with van der Waals surface area (Å²) >= 11 is 0. The molecular weight excluding hydrogens is 424 g/mol. The molecule has 0 aliphatic heterocycles. The van der Waals surface area contributed by atoms with Gasteiger partial charge in [0.25, 0.3) is 0 Å². The summed E-state index contributed by atoms with van der Waals surface area (Å²) in [5.41, 5.74) is 4.00. The number of benzene rings is 4. The second kappa shape index (κ2) is 8.71. The average Bonchev–Trinajstić information content (AvgIpc) is 3.21. The van der Waals surface area contributed by atoms with Gasteiger partial charge in [-0.2, -0.15) is 0 Å². The van der Waals surface area contributed by atoms with E-state index in [1.54, 1.807) is 6.07 Å². The van der Waals surface area contributed by atoms with Crippen molar-refractivity contribution in [1.82, 2.24) is 0 Å². The predicted molar refractivity (Wildman–Crippen MR) is 135 cm³/mol. The number of fused-ring (bicyclic) bond motifs is 3. The van der Waals surface area contributed by atoms with Gasteiger partial charge in [-0.15, -0.1) is 0 Å². The third-order valence-corrected chi connectivity index (χ3v) is 5.55. The second-order valence-corrected chi connectivity index (χ2v) is 9.26. The molecule has 0 aliphatic carbocycles. The van der Waals surface area contributed by atoms with Crippen molar-refractivity contribution >= 4 is 27.9 Å². The number of rotatable bonds is 5. The fraction of sp³-hybridized carbons (Fsp3) is 0.167. The molecule has 0 amide bonds. The van der Waals surface area contributed by atoms with E-state index in [4.69, 9.17) is 13.9 Å². The lowest BCUT2D eigenvalue weighted by Crippen LogP contribution is -2.24. The van der Waals surface area contributed by atoms with Gasteiger partial charge in [0.2, 0.25) is 0 Å². The lowest BCUT2D eigenvalue weighted by Gasteiger charge is -2.21. The summed E-state index contributed by atoms with van der Waals surface area (Å²) in [5, 5.41) is 2.05. The number of esters is 1. The molecule has 0 aliphatic rings. The lowest BCUT2D eigenvalue weighted by molar-refractivity contribution is 0.00700. The second-order valence-electron chi connectivity index (χ2n) is 9.26. The molecule has 0 fully saturated rings. The van der Waals surface area contributed by atoms with E-state index in [2.05, 4.69) is 0 Å². The Morgan fingerprint density at radius 1 is 0.794 bits per heavy atom. The first-order valence-corrected chi connectivity index (χ1v) is 11.3. The maximum Gasteiger partial charge on any atom is 0.339 e. The van der Waals surface area contributed by atoms with E-state index in [0.717, 1.165) is 38.6 Å². The number of carbonyl (C=O) groups excluding carboxylic acids is 1. The molecule has 5 rings (SSSR count). The summed E-state index contributed by atoms with van der Waals surface area (Å²) in [6.07, 6.45) is 0. The van der Waals surface area contributed by atoms with Crippen LogP contribution in [0.15, 0.2) is 95.4 Å². The highest BCUT2D eigenvalue weighted by molar-refractivity contribution is 6.11. The van der Waals surface area contributed by atoms with E-state index in [-0.39, 0.29) is 0 Å². The predicted octanol–water partition coefficient (Wildman–Crippen LogP) is 7.79. The topological polar surface area (TPSA) is 48.7 Å². The van der Waals surface area contributed by atoms with Crippen molar-refractivity contribution in [3.05, 3.63) is 102 Å². The van der Waals surface area contributed by atoms with E-state index in [9.17, 15) is 4.79 Å². The van der Waals surface area contributed by atoms with E-state index in [0.29, 0.717) is 17.9 Å². The first kappa shape index (κ1) is 21.8. The summed E-state index contributed by atoms with van der Waals surface area (Å²) in [7, 11) is 0. The number of hydrogen-bond acceptors (Lipinski definition) is 4. The highest BCUT2D eigenvalue weighted by Crippen LogP contribution is 2.38. The van der Waals surface area contributed by atoms with Gasteiger partial charge in [0.1, 0.15) is 29.1 Å². The minimum absolute atomic E-state index is 0.402. The highest BCUT2D eigenvalue weighted by atomic mass is 16.6. The summed E-state index contributed by atoms with van der Waals surface area (Å²) in [4.78, 5) is 13.3. The molecule has 0 radical (unpaired) electrons. The molecule has 4 nitrogen and oxygen atoms in total. The molecule has 4 heteroatoms. The van der Waals surface area contributed by atoms with Crippen LogP contribution in [0.1, 0.15) is 36.7 Å². The molecule has 0 bridgehead atoms.